The van der Waals surface area contributed by atoms with E-state index in [1.54, 1.807) is 11.1 Å². The summed E-state index contributed by atoms with van der Waals surface area (Å²) in [7, 11) is 0. The minimum atomic E-state index is -1.14. The van der Waals surface area contributed by atoms with Gasteiger partial charge in [0.15, 0.2) is 0 Å². The Bertz CT molecular complexity index is 769. The molecule has 2 heterocycles. The summed E-state index contributed by atoms with van der Waals surface area (Å²) in [6, 6.07) is 4.00. The van der Waals surface area contributed by atoms with E-state index in [9.17, 15) is 9.35 Å². The van der Waals surface area contributed by atoms with E-state index in [1.165, 1.54) is 0 Å². The van der Waals surface area contributed by atoms with Crippen LogP contribution in [0.25, 0.3) is 0 Å². The minimum Gasteiger partial charge on any atom is -0.598 e. The van der Waals surface area contributed by atoms with Gasteiger partial charge >= 0.3 is 6.09 Å². The molecule has 7 nitrogen and oxygen atoms in total. The van der Waals surface area contributed by atoms with Crippen LogP contribution in [-0.4, -0.2) is 62.7 Å². The lowest BCUT2D eigenvalue weighted by Gasteiger charge is -2.28. The third kappa shape index (κ3) is 10.7. The molecule has 0 saturated carbocycles. The van der Waals surface area contributed by atoms with Gasteiger partial charge in [-0.3, -0.25) is 0 Å². The zero-order chi connectivity index (χ0) is 25.4. The van der Waals surface area contributed by atoms with Crippen LogP contribution in [0.3, 0.4) is 0 Å². The summed E-state index contributed by atoms with van der Waals surface area (Å²) in [6.07, 6.45) is 6.70. The molecule has 1 amide bonds. The van der Waals surface area contributed by atoms with Gasteiger partial charge in [-0.1, -0.05) is 17.7 Å². The molecule has 0 aromatic carbocycles. The first-order valence-corrected chi connectivity index (χ1v) is 13.7. The second kappa shape index (κ2) is 13.3. The standard InChI is InChI=1S/C25H42ClN3O4S/c1-24(2,3)33-23(30)29-16-14-21(18-29)32-17-8-7-11-20(28-34(31)25(4,5)6)13-12-19-10-9-15-27-22(19)26/h9-10,15,20-21,28H,7-8,11-14,16-18H2,1-6H3/t20?,21?,34-/m1/s1. The average molecular weight is 516 g/mol. The molecule has 1 saturated heterocycles. The van der Waals surface area contributed by atoms with E-state index in [0.717, 1.165) is 44.1 Å². The highest BCUT2D eigenvalue weighted by Crippen LogP contribution is 2.21. The fraction of sp³-hybridized carbons (Fsp3) is 0.760. The Kier molecular flexibility index (Phi) is 11.4. The second-order valence-corrected chi connectivity index (χ2v) is 13.2. The molecule has 1 aliphatic rings. The molecular formula is C25H42ClN3O4S. The molecule has 194 valence electrons. The maximum Gasteiger partial charge on any atom is 0.410 e. The van der Waals surface area contributed by atoms with Crippen LogP contribution >= 0.6 is 11.6 Å². The van der Waals surface area contributed by atoms with Crippen molar-refractivity contribution in [3.05, 3.63) is 29.0 Å². The first-order chi connectivity index (χ1) is 15.8. The lowest BCUT2D eigenvalue weighted by atomic mass is 10.0. The number of carbonyl (C=O) groups excluding carboxylic acids is 1. The summed E-state index contributed by atoms with van der Waals surface area (Å²) in [5.41, 5.74) is 0.524. The van der Waals surface area contributed by atoms with Crippen molar-refractivity contribution in [1.82, 2.24) is 14.6 Å². The molecule has 34 heavy (non-hydrogen) atoms. The number of halogens is 1. The summed E-state index contributed by atoms with van der Waals surface area (Å²) >= 11 is 5.08. The number of aromatic nitrogens is 1. The largest absolute Gasteiger partial charge is 0.598 e. The van der Waals surface area contributed by atoms with Crippen molar-refractivity contribution in [3.63, 3.8) is 0 Å². The van der Waals surface area contributed by atoms with Gasteiger partial charge in [-0.15, -0.1) is 4.72 Å². The summed E-state index contributed by atoms with van der Waals surface area (Å²) in [6.45, 7) is 13.4. The Balaban J connectivity index is 1.74. The van der Waals surface area contributed by atoms with Crippen LogP contribution in [0.4, 0.5) is 4.79 Å². The highest BCUT2D eigenvalue weighted by molar-refractivity contribution is 7.90. The number of pyridine rings is 1. The Morgan fingerprint density at radius 2 is 2.03 bits per heavy atom. The van der Waals surface area contributed by atoms with Gasteiger partial charge in [0, 0.05) is 30.7 Å². The predicted octanol–water partition coefficient (Wildman–Crippen LogP) is 5.28. The van der Waals surface area contributed by atoms with Crippen molar-refractivity contribution in [2.75, 3.05) is 19.7 Å². The molecule has 0 spiro atoms. The Morgan fingerprint density at radius 3 is 2.68 bits per heavy atom. The van der Waals surface area contributed by atoms with E-state index in [2.05, 4.69) is 9.71 Å². The van der Waals surface area contributed by atoms with Crippen LogP contribution in [0.15, 0.2) is 18.3 Å². The van der Waals surface area contributed by atoms with Crippen LogP contribution in [-0.2, 0) is 27.3 Å². The number of likely N-dealkylation sites (tertiary alicyclic amines) is 1. The van der Waals surface area contributed by atoms with Crippen molar-refractivity contribution in [2.45, 2.75) is 103 Å². The van der Waals surface area contributed by atoms with Gasteiger partial charge < -0.3 is 18.9 Å². The van der Waals surface area contributed by atoms with E-state index >= 15 is 0 Å². The summed E-state index contributed by atoms with van der Waals surface area (Å²) in [4.78, 5) is 18.1. The number of amides is 1. The highest BCUT2D eigenvalue weighted by Gasteiger charge is 2.31. The average Bonchev–Trinajstić information content (AvgIpc) is 3.19. The van der Waals surface area contributed by atoms with E-state index in [4.69, 9.17) is 21.1 Å². The summed E-state index contributed by atoms with van der Waals surface area (Å²) in [5, 5.41) is 0.531. The van der Waals surface area contributed by atoms with E-state index in [1.807, 2.05) is 53.7 Å². The number of rotatable bonds is 11. The lowest BCUT2D eigenvalue weighted by molar-refractivity contribution is 0.0206. The minimum absolute atomic E-state index is 0.0579. The van der Waals surface area contributed by atoms with Crippen LogP contribution in [0.2, 0.25) is 5.15 Å². The van der Waals surface area contributed by atoms with E-state index in [0.29, 0.717) is 24.8 Å². The van der Waals surface area contributed by atoms with Gasteiger partial charge in [0.25, 0.3) is 0 Å². The van der Waals surface area contributed by atoms with Gasteiger partial charge in [-0.25, -0.2) is 9.78 Å². The maximum atomic E-state index is 12.7. The van der Waals surface area contributed by atoms with E-state index < -0.39 is 17.0 Å². The number of carbonyl (C=O) groups is 1. The maximum absolute atomic E-state index is 12.7. The van der Waals surface area contributed by atoms with Gasteiger partial charge in [0.05, 0.1) is 18.7 Å². The van der Waals surface area contributed by atoms with Crippen molar-refractivity contribution in [1.29, 1.82) is 0 Å². The molecular weight excluding hydrogens is 474 g/mol. The van der Waals surface area contributed by atoms with Crippen LogP contribution < -0.4 is 4.72 Å². The van der Waals surface area contributed by atoms with Crippen LogP contribution in [0.5, 0.6) is 0 Å². The third-order valence-electron chi connectivity index (χ3n) is 5.53. The molecule has 1 aromatic heterocycles. The number of unbranched alkanes of at least 4 members (excludes halogenated alkanes) is 1. The van der Waals surface area contributed by atoms with Gasteiger partial charge in [0.2, 0.25) is 0 Å². The molecule has 0 bridgehead atoms. The molecule has 1 N–H and O–H groups in total. The van der Waals surface area contributed by atoms with Gasteiger partial charge in [-0.05, 0) is 91.7 Å². The summed E-state index contributed by atoms with van der Waals surface area (Å²) in [5.74, 6) is 0. The third-order valence-corrected chi connectivity index (χ3v) is 7.53. The number of aryl methyl sites for hydroxylation is 1. The molecule has 2 unspecified atom stereocenters. The first-order valence-electron chi connectivity index (χ1n) is 12.2. The normalized spacial score (nSPS) is 18.7. The SMILES string of the molecule is CC(C)(C)OC(=O)N1CCC(OCCCCC(CCc2cccnc2Cl)N[S@+]([O-])C(C)(C)C)C1. The van der Waals surface area contributed by atoms with Crippen molar-refractivity contribution in [3.8, 4) is 0 Å². The Labute approximate surface area is 213 Å². The molecule has 1 aliphatic heterocycles. The number of ether oxygens (including phenoxy) is 2. The monoisotopic (exact) mass is 515 g/mol. The van der Waals surface area contributed by atoms with Crippen LogP contribution in [0, 0.1) is 0 Å². The molecule has 1 fully saturated rings. The number of nitrogens with zero attached hydrogens (tertiary/aromatic N) is 2. The smallest absolute Gasteiger partial charge is 0.410 e. The second-order valence-electron chi connectivity index (χ2n) is 10.9. The van der Waals surface area contributed by atoms with E-state index in [-0.39, 0.29) is 23.0 Å². The molecule has 0 aliphatic carbocycles. The fourth-order valence-electron chi connectivity index (χ4n) is 3.63. The topological polar surface area (TPSA) is 86.8 Å². The Hall–Kier alpha value is -1.06. The summed E-state index contributed by atoms with van der Waals surface area (Å²) < 4.78 is 27.1. The van der Waals surface area contributed by atoms with Crippen LogP contribution in [0.1, 0.15) is 79.2 Å². The molecule has 3 atom stereocenters. The number of hydrogen-bond donors (Lipinski definition) is 1. The number of hydrogen-bond acceptors (Lipinski definition) is 6. The molecule has 2 rings (SSSR count). The van der Waals surface area contributed by atoms with Crippen molar-refractivity contribution in [2.24, 2.45) is 0 Å². The highest BCUT2D eigenvalue weighted by atomic mass is 35.5. The Morgan fingerprint density at radius 1 is 1.29 bits per heavy atom. The van der Waals surface area contributed by atoms with Gasteiger partial charge in [-0.2, -0.15) is 0 Å². The predicted molar refractivity (Wildman–Crippen MR) is 138 cm³/mol. The fourth-order valence-corrected chi connectivity index (χ4v) is 4.73. The van der Waals surface area contributed by atoms with Gasteiger partial charge in [0.1, 0.15) is 15.5 Å². The zero-order valence-corrected chi connectivity index (χ0v) is 23.1. The number of nitrogens with one attached hydrogen (secondary N) is 1. The molecule has 9 heteroatoms. The lowest BCUT2D eigenvalue weighted by Crippen LogP contribution is -2.44. The molecule has 0 radical (unpaired) electrons. The van der Waals surface area contributed by atoms with Crippen molar-refractivity contribution < 1.29 is 18.8 Å². The molecule has 1 aromatic rings. The quantitative estimate of drug-likeness (QED) is 0.245. The van der Waals surface area contributed by atoms with Crippen molar-refractivity contribution >= 4 is 29.1 Å². The zero-order valence-electron chi connectivity index (χ0n) is 21.6. The first kappa shape index (κ1) is 29.2.